The Bertz CT molecular complexity index is 566. The van der Waals surface area contributed by atoms with Crippen LogP contribution in [0, 0.1) is 0 Å². The molecule has 1 aromatic rings. The minimum atomic E-state index is -1.45. The zero-order valence-electron chi connectivity index (χ0n) is 13.7. The van der Waals surface area contributed by atoms with Gasteiger partial charge in [-0.2, -0.15) is 0 Å². The Morgan fingerprint density at radius 1 is 1.12 bits per heavy atom. The molecule has 138 valence electrons. The number of rotatable bonds is 10. The number of ether oxygens (including phenoxy) is 1. The van der Waals surface area contributed by atoms with Gasteiger partial charge < -0.3 is 31.3 Å². The van der Waals surface area contributed by atoms with Gasteiger partial charge in [-0.25, -0.2) is 9.59 Å². The highest BCUT2D eigenvalue weighted by molar-refractivity contribution is 5.89. The molecule has 25 heavy (non-hydrogen) atoms. The zero-order chi connectivity index (χ0) is 18.7. The van der Waals surface area contributed by atoms with Crippen molar-refractivity contribution in [1.29, 1.82) is 0 Å². The number of aliphatic hydroxyl groups excluding tert-OH is 1. The van der Waals surface area contributed by atoms with Crippen molar-refractivity contribution < 1.29 is 29.3 Å². The monoisotopic (exact) mass is 353 g/mol. The van der Waals surface area contributed by atoms with Crippen molar-refractivity contribution in [3.8, 4) is 0 Å². The molecule has 1 aromatic carbocycles. The fourth-order valence-electron chi connectivity index (χ4n) is 1.96. The second-order valence-electron chi connectivity index (χ2n) is 5.27. The highest BCUT2D eigenvalue weighted by Gasteiger charge is 2.26. The molecular formula is C16H23N3O6. The van der Waals surface area contributed by atoms with E-state index in [9.17, 15) is 14.4 Å². The molecule has 0 bridgehead atoms. The molecule has 0 fully saturated rings. The first-order valence-electron chi connectivity index (χ1n) is 7.79. The van der Waals surface area contributed by atoms with Crippen molar-refractivity contribution in [2.45, 2.75) is 31.5 Å². The highest BCUT2D eigenvalue weighted by atomic mass is 16.5. The molecule has 2 amide bonds. The first-order chi connectivity index (χ1) is 12.0. The summed E-state index contributed by atoms with van der Waals surface area (Å²) in [6, 6.07) is 6.53. The van der Waals surface area contributed by atoms with Crippen LogP contribution < -0.4 is 16.4 Å². The van der Waals surface area contributed by atoms with Gasteiger partial charge in [0, 0.05) is 0 Å². The van der Waals surface area contributed by atoms with E-state index < -0.39 is 36.7 Å². The molecule has 9 heteroatoms. The summed E-state index contributed by atoms with van der Waals surface area (Å²) in [7, 11) is 0. The maximum atomic E-state index is 12.1. The lowest BCUT2D eigenvalue weighted by molar-refractivity contribution is -0.143. The number of alkyl carbamates (subject to hydrolysis) is 1. The molecule has 0 saturated carbocycles. The van der Waals surface area contributed by atoms with E-state index in [4.69, 9.17) is 20.7 Å². The van der Waals surface area contributed by atoms with Gasteiger partial charge in [0.2, 0.25) is 5.91 Å². The third-order valence-electron chi connectivity index (χ3n) is 3.32. The van der Waals surface area contributed by atoms with Crippen molar-refractivity contribution >= 4 is 18.0 Å². The molecule has 0 spiro atoms. The van der Waals surface area contributed by atoms with Crippen LogP contribution in [-0.2, 0) is 20.9 Å². The molecule has 0 saturated heterocycles. The molecule has 0 aliphatic rings. The first kappa shape index (κ1) is 20.4. The van der Waals surface area contributed by atoms with Crippen LogP contribution in [0.5, 0.6) is 0 Å². The number of carboxylic acid groups (broad SMARTS) is 1. The fraction of sp³-hybridized carbons (Fsp3) is 0.438. The fourth-order valence-corrected chi connectivity index (χ4v) is 1.96. The summed E-state index contributed by atoms with van der Waals surface area (Å²) in [4.78, 5) is 34.9. The number of hydrogen-bond acceptors (Lipinski definition) is 6. The molecule has 0 radical (unpaired) electrons. The zero-order valence-corrected chi connectivity index (χ0v) is 13.7. The Hall–Kier alpha value is -2.65. The standard InChI is InChI=1S/C16H23N3O6/c17-8-4-7-12(14(21)18-13(9-20)15(22)23)19-16(24)25-10-11-5-2-1-3-6-11/h1-3,5-6,12-13,20H,4,7-10,17H2,(H,18,21)(H,19,24)(H,22,23)/t12-,13-/m0/s1. The van der Waals surface area contributed by atoms with E-state index >= 15 is 0 Å². The highest BCUT2D eigenvalue weighted by Crippen LogP contribution is 2.03. The summed E-state index contributed by atoms with van der Waals surface area (Å²) in [6.07, 6.45) is -0.161. The predicted molar refractivity (Wildman–Crippen MR) is 88.5 cm³/mol. The van der Waals surface area contributed by atoms with E-state index in [-0.39, 0.29) is 13.0 Å². The summed E-state index contributed by atoms with van der Waals surface area (Å²) in [5.41, 5.74) is 6.19. The molecule has 0 aliphatic carbocycles. The predicted octanol–water partition coefficient (Wildman–Crippen LogP) is -0.418. The van der Waals surface area contributed by atoms with E-state index in [2.05, 4.69) is 10.6 Å². The summed E-state index contributed by atoms with van der Waals surface area (Å²) >= 11 is 0. The number of amides is 2. The Labute approximate surface area is 145 Å². The Morgan fingerprint density at radius 3 is 2.36 bits per heavy atom. The number of carbonyl (C=O) groups is 3. The topological polar surface area (TPSA) is 151 Å². The number of hydrogen-bond donors (Lipinski definition) is 5. The van der Waals surface area contributed by atoms with E-state index in [1.54, 1.807) is 24.3 Å². The van der Waals surface area contributed by atoms with Gasteiger partial charge >= 0.3 is 12.1 Å². The largest absolute Gasteiger partial charge is 0.480 e. The second kappa shape index (κ2) is 11.0. The molecule has 0 aromatic heterocycles. The lowest BCUT2D eigenvalue weighted by Crippen LogP contribution is -2.52. The molecule has 1 rings (SSSR count). The number of carboxylic acids is 1. The molecule has 6 N–H and O–H groups in total. The molecule has 2 atom stereocenters. The number of nitrogens with one attached hydrogen (secondary N) is 2. The average Bonchev–Trinajstić information content (AvgIpc) is 2.61. The van der Waals surface area contributed by atoms with Gasteiger partial charge in [0.25, 0.3) is 0 Å². The van der Waals surface area contributed by atoms with Crippen LogP contribution in [-0.4, -0.2) is 53.4 Å². The number of benzene rings is 1. The minimum absolute atomic E-state index is 0.0340. The number of nitrogens with two attached hydrogens (primary N) is 1. The van der Waals surface area contributed by atoms with E-state index in [0.717, 1.165) is 5.56 Å². The molecule has 0 aliphatic heterocycles. The summed E-state index contributed by atoms with van der Waals surface area (Å²) in [5.74, 6) is -2.10. The van der Waals surface area contributed by atoms with Crippen LogP contribution in [0.25, 0.3) is 0 Å². The molecule has 0 unspecified atom stereocenters. The summed E-state index contributed by atoms with van der Waals surface area (Å²) in [5, 5.41) is 22.4. The summed E-state index contributed by atoms with van der Waals surface area (Å²) in [6.45, 7) is -0.428. The van der Waals surface area contributed by atoms with Gasteiger partial charge in [-0.15, -0.1) is 0 Å². The molecule has 0 heterocycles. The Balaban J connectivity index is 2.59. The van der Waals surface area contributed by atoms with E-state index in [1.807, 2.05) is 6.07 Å². The Morgan fingerprint density at radius 2 is 1.80 bits per heavy atom. The summed E-state index contributed by atoms with van der Waals surface area (Å²) < 4.78 is 5.04. The smallest absolute Gasteiger partial charge is 0.408 e. The van der Waals surface area contributed by atoms with Gasteiger partial charge in [0.15, 0.2) is 0 Å². The second-order valence-corrected chi connectivity index (χ2v) is 5.27. The van der Waals surface area contributed by atoms with Gasteiger partial charge in [-0.1, -0.05) is 30.3 Å². The van der Waals surface area contributed by atoms with Crippen molar-refractivity contribution in [3.63, 3.8) is 0 Å². The van der Waals surface area contributed by atoms with Crippen LogP contribution in [0.2, 0.25) is 0 Å². The van der Waals surface area contributed by atoms with Crippen molar-refractivity contribution in [2.75, 3.05) is 13.2 Å². The van der Waals surface area contributed by atoms with Crippen molar-refractivity contribution in [3.05, 3.63) is 35.9 Å². The van der Waals surface area contributed by atoms with Gasteiger partial charge in [-0.05, 0) is 24.9 Å². The van der Waals surface area contributed by atoms with Crippen LogP contribution in [0.1, 0.15) is 18.4 Å². The Kier molecular flexibility index (Phi) is 8.97. The average molecular weight is 353 g/mol. The van der Waals surface area contributed by atoms with Crippen LogP contribution in [0.3, 0.4) is 0 Å². The molecule has 9 nitrogen and oxygen atoms in total. The van der Waals surface area contributed by atoms with E-state index in [1.165, 1.54) is 0 Å². The quantitative estimate of drug-likeness (QED) is 0.383. The van der Waals surface area contributed by atoms with E-state index in [0.29, 0.717) is 13.0 Å². The minimum Gasteiger partial charge on any atom is -0.480 e. The third kappa shape index (κ3) is 7.64. The molecular weight excluding hydrogens is 330 g/mol. The lowest BCUT2D eigenvalue weighted by atomic mass is 10.1. The van der Waals surface area contributed by atoms with Crippen molar-refractivity contribution in [2.24, 2.45) is 5.73 Å². The number of aliphatic carboxylic acids is 1. The van der Waals surface area contributed by atoms with Crippen LogP contribution >= 0.6 is 0 Å². The van der Waals surface area contributed by atoms with Crippen LogP contribution in [0.15, 0.2) is 30.3 Å². The SMILES string of the molecule is NCCC[C@H](NC(=O)OCc1ccccc1)C(=O)N[C@@H](CO)C(=O)O. The van der Waals surface area contributed by atoms with Crippen LogP contribution in [0.4, 0.5) is 4.79 Å². The normalized spacial score (nSPS) is 12.7. The van der Waals surface area contributed by atoms with Gasteiger partial charge in [0.05, 0.1) is 6.61 Å². The third-order valence-corrected chi connectivity index (χ3v) is 3.32. The number of aliphatic hydroxyl groups is 1. The van der Waals surface area contributed by atoms with Gasteiger partial charge in [-0.3, -0.25) is 4.79 Å². The first-order valence-corrected chi connectivity index (χ1v) is 7.79. The van der Waals surface area contributed by atoms with Crippen molar-refractivity contribution in [1.82, 2.24) is 10.6 Å². The maximum absolute atomic E-state index is 12.1. The maximum Gasteiger partial charge on any atom is 0.408 e. The van der Waals surface area contributed by atoms with Gasteiger partial charge in [0.1, 0.15) is 18.7 Å². The lowest BCUT2D eigenvalue weighted by Gasteiger charge is -2.20. The number of carbonyl (C=O) groups excluding carboxylic acids is 2.